The number of nitrogens with two attached hydrogens (primary N) is 1. The van der Waals surface area contributed by atoms with E-state index in [4.69, 9.17) is 15.9 Å². The van der Waals surface area contributed by atoms with E-state index in [-0.39, 0.29) is 18.0 Å². The summed E-state index contributed by atoms with van der Waals surface area (Å²) < 4.78 is 0. The molecule has 1 aromatic rings. The number of nitrogens with one attached hydrogen (secondary N) is 1. The Hall–Kier alpha value is -2.03. The summed E-state index contributed by atoms with van der Waals surface area (Å²) in [4.78, 5) is 11.1. The molecule has 0 aliphatic rings. The van der Waals surface area contributed by atoms with Gasteiger partial charge in [-0.25, -0.2) is 5.43 Å². The Bertz CT molecular complexity index is 480. The number of halogens is 1. The number of carbonyl (C=O) groups excluding carboxylic acids is 1. The van der Waals surface area contributed by atoms with Crippen LogP contribution in [0.2, 0.25) is 0 Å². The fourth-order valence-corrected chi connectivity index (χ4v) is 1.02. The fourth-order valence-electron chi connectivity index (χ4n) is 1.02. The summed E-state index contributed by atoms with van der Waals surface area (Å²) in [5.41, 5.74) is 7.33. The molecule has 106 valence electrons. The molecular weight excluding hydrogens is 278 g/mol. The van der Waals surface area contributed by atoms with Crippen LogP contribution in [0.25, 0.3) is 0 Å². The predicted octanol–water partition coefficient (Wildman–Crippen LogP) is -1.01. The number of amides is 1. The van der Waals surface area contributed by atoms with Gasteiger partial charge in [0.15, 0.2) is 11.5 Å². The summed E-state index contributed by atoms with van der Waals surface area (Å²) in [5, 5.41) is 39.8. The molecule has 1 amide bonds. The molecule has 1 aromatic carbocycles. The fraction of sp³-hybridized carbons (Fsp3) is 0.200. The van der Waals surface area contributed by atoms with E-state index >= 15 is 0 Å². The Balaban J connectivity index is 0.00000324. The standard InChI is InChI=1S/C10H13N3O5.ClH/c11-6(4-14)10(18)13-12-3-5-1-2-7(15)9(17)8(5)16;/h1-3,6,14-17H,4,11H2,(H,13,18);1H/t6-;/m0./s1. The van der Waals surface area contributed by atoms with Crippen LogP contribution in [0.15, 0.2) is 17.2 Å². The first-order chi connectivity index (χ1) is 8.47. The summed E-state index contributed by atoms with van der Waals surface area (Å²) in [5.74, 6) is -2.43. The van der Waals surface area contributed by atoms with Crippen molar-refractivity contribution >= 4 is 24.5 Å². The summed E-state index contributed by atoms with van der Waals surface area (Å²) >= 11 is 0. The molecule has 9 heteroatoms. The van der Waals surface area contributed by atoms with Crippen LogP contribution in [-0.2, 0) is 4.79 Å². The molecule has 0 saturated carbocycles. The van der Waals surface area contributed by atoms with E-state index < -0.39 is 35.8 Å². The molecule has 0 radical (unpaired) electrons. The van der Waals surface area contributed by atoms with Gasteiger partial charge in [0.1, 0.15) is 6.04 Å². The third-order valence-electron chi connectivity index (χ3n) is 2.07. The van der Waals surface area contributed by atoms with Crippen LogP contribution in [0.5, 0.6) is 17.2 Å². The highest BCUT2D eigenvalue weighted by molar-refractivity contribution is 5.87. The van der Waals surface area contributed by atoms with Crippen molar-refractivity contribution in [3.05, 3.63) is 17.7 Å². The first-order valence-corrected chi connectivity index (χ1v) is 4.90. The van der Waals surface area contributed by atoms with E-state index in [0.29, 0.717) is 0 Å². The van der Waals surface area contributed by atoms with E-state index in [1.807, 2.05) is 5.43 Å². The molecule has 8 nitrogen and oxygen atoms in total. The second-order valence-corrected chi connectivity index (χ2v) is 3.39. The van der Waals surface area contributed by atoms with E-state index in [2.05, 4.69) is 5.10 Å². The average molecular weight is 292 g/mol. The maximum absolute atomic E-state index is 11.1. The van der Waals surface area contributed by atoms with E-state index in [1.165, 1.54) is 6.07 Å². The Morgan fingerprint density at radius 1 is 1.37 bits per heavy atom. The number of hydrazone groups is 1. The monoisotopic (exact) mass is 291 g/mol. The summed E-state index contributed by atoms with van der Waals surface area (Å²) in [6, 6.07) is 1.34. The predicted molar refractivity (Wildman–Crippen MR) is 69.5 cm³/mol. The molecule has 1 rings (SSSR count). The Labute approximate surface area is 114 Å². The molecule has 0 heterocycles. The second kappa shape index (κ2) is 7.41. The van der Waals surface area contributed by atoms with Crippen LogP contribution in [0.3, 0.4) is 0 Å². The molecule has 7 N–H and O–H groups in total. The van der Waals surface area contributed by atoms with Crippen LogP contribution < -0.4 is 11.2 Å². The van der Waals surface area contributed by atoms with Crippen LogP contribution in [0.4, 0.5) is 0 Å². The minimum Gasteiger partial charge on any atom is -0.504 e. The van der Waals surface area contributed by atoms with Gasteiger partial charge in [0.25, 0.3) is 5.91 Å². The van der Waals surface area contributed by atoms with Crippen molar-refractivity contribution in [2.75, 3.05) is 6.61 Å². The van der Waals surface area contributed by atoms with Crippen molar-refractivity contribution in [2.45, 2.75) is 6.04 Å². The molecule has 0 aliphatic heterocycles. The number of carbonyl (C=O) groups is 1. The third kappa shape index (κ3) is 4.28. The average Bonchev–Trinajstić information content (AvgIpc) is 2.37. The number of hydrogen-bond acceptors (Lipinski definition) is 7. The largest absolute Gasteiger partial charge is 0.504 e. The van der Waals surface area contributed by atoms with Crippen LogP contribution in [0, 0.1) is 0 Å². The second-order valence-electron chi connectivity index (χ2n) is 3.39. The topological polar surface area (TPSA) is 148 Å². The highest BCUT2D eigenvalue weighted by atomic mass is 35.5. The van der Waals surface area contributed by atoms with Crippen molar-refractivity contribution in [3.63, 3.8) is 0 Å². The lowest BCUT2D eigenvalue weighted by Crippen LogP contribution is -2.40. The zero-order valence-corrected chi connectivity index (χ0v) is 10.5. The lowest BCUT2D eigenvalue weighted by Gasteiger charge is -2.05. The zero-order valence-electron chi connectivity index (χ0n) is 9.65. The number of nitrogens with zero attached hydrogens (tertiary/aromatic N) is 1. The maximum atomic E-state index is 11.1. The summed E-state index contributed by atoms with van der Waals surface area (Å²) in [6.07, 6.45) is 1.05. The number of aliphatic hydroxyl groups excluding tert-OH is 1. The molecule has 19 heavy (non-hydrogen) atoms. The third-order valence-corrected chi connectivity index (χ3v) is 2.07. The maximum Gasteiger partial charge on any atom is 0.259 e. The van der Waals surface area contributed by atoms with E-state index in [0.717, 1.165) is 12.3 Å². The quantitative estimate of drug-likeness (QED) is 0.238. The van der Waals surface area contributed by atoms with Crippen LogP contribution in [-0.4, -0.2) is 45.2 Å². The van der Waals surface area contributed by atoms with Gasteiger partial charge in [-0.2, -0.15) is 5.10 Å². The Morgan fingerprint density at radius 2 is 2.00 bits per heavy atom. The number of rotatable bonds is 4. The van der Waals surface area contributed by atoms with Gasteiger partial charge in [0.2, 0.25) is 5.75 Å². The van der Waals surface area contributed by atoms with Gasteiger partial charge in [-0.15, -0.1) is 12.4 Å². The van der Waals surface area contributed by atoms with Gasteiger partial charge < -0.3 is 26.2 Å². The van der Waals surface area contributed by atoms with Crippen molar-refractivity contribution in [1.29, 1.82) is 0 Å². The number of phenolic OH excluding ortho intramolecular Hbond substituents is 3. The summed E-state index contributed by atoms with van der Waals surface area (Å²) in [6.45, 7) is -0.521. The highest BCUT2D eigenvalue weighted by Gasteiger charge is 2.11. The Kier molecular flexibility index (Phi) is 6.62. The molecule has 1 atom stereocenters. The first-order valence-electron chi connectivity index (χ1n) is 4.90. The summed E-state index contributed by atoms with van der Waals surface area (Å²) in [7, 11) is 0. The van der Waals surface area contributed by atoms with Gasteiger partial charge in [-0.05, 0) is 12.1 Å². The van der Waals surface area contributed by atoms with Crippen molar-refractivity contribution in [2.24, 2.45) is 10.8 Å². The molecular formula is C10H14ClN3O5. The SMILES string of the molecule is Cl.N[C@@H](CO)C(=O)NN=Cc1ccc(O)c(O)c1O. The lowest BCUT2D eigenvalue weighted by atomic mass is 10.2. The van der Waals surface area contributed by atoms with E-state index in [9.17, 15) is 15.0 Å². The minimum atomic E-state index is -1.09. The van der Waals surface area contributed by atoms with Crippen molar-refractivity contribution in [1.82, 2.24) is 5.43 Å². The van der Waals surface area contributed by atoms with Gasteiger partial charge >= 0.3 is 0 Å². The molecule has 0 saturated heterocycles. The minimum absolute atomic E-state index is 0. The number of aromatic hydroxyl groups is 3. The number of benzene rings is 1. The van der Waals surface area contributed by atoms with Crippen LogP contribution >= 0.6 is 12.4 Å². The molecule has 0 bridgehead atoms. The van der Waals surface area contributed by atoms with E-state index in [1.54, 1.807) is 0 Å². The normalized spacial score (nSPS) is 11.9. The number of hydrogen-bond donors (Lipinski definition) is 6. The lowest BCUT2D eigenvalue weighted by molar-refractivity contribution is -0.123. The van der Waals surface area contributed by atoms with Gasteiger partial charge in [0.05, 0.1) is 12.8 Å². The highest BCUT2D eigenvalue weighted by Crippen LogP contribution is 2.36. The van der Waals surface area contributed by atoms with Gasteiger partial charge in [-0.3, -0.25) is 4.79 Å². The smallest absolute Gasteiger partial charge is 0.259 e. The number of phenols is 3. The number of aliphatic hydroxyl groups is 1. The van der Waals surface area contributed by atoms with Crippen molar-refractivity contribution in [3.8, 4) is 17.2 Å². The van der Waals surface area contributed by atoms with Gasteiger partial charge in [0, 0.05) is 5.56 Å². The molecule has 0 spiro atoms. The molecule has 0 unspecified atom stereocenters. The Morgan fingerprint density at radius 3 is 2.58 bits per heavy atom. The van der Waals surface area contributed by atoms with Crippen molar-refractivity contribution < 1.29 is 25.2 Å². The molecule has 0 fully saturated rings. The van der Waals surface area contributed by atoms with Gasteiger partial charge in [-0.1, -0.05) is 0 Å². The zero-order chi connectivity index (χ0) is 13.7. The molecule has 0 aromatic heterocycles. The first kappa shape index (κ1) is 17.0. The molecule has 0 aliphatic carbocycles. The van der Waals surface area contributed by atoms with Crippen LogP contribution in [0.1, 0.15) is 5.56 Å².